The second kappa shape index (κ2) is 8.96. The number of hydrogen-bond acceptors (Lipinski definition) is 5. The van der Waals surface area contributed by atoms with Crippen LogP contribution in [0.15, 0.2) is 41.2 Å². The predicted molar refractivity (Wildman–Crippen MR) is 112 cm³/mol. The van der Waals surface area contributed by atoms with Crippen LogP contribution in [0.2, 0.25) is 5.02 Å². The zero-order valence-electron chi connectivity index (χ0n) is 16.5. The van der Waals surface area contributed by atoms with E-state index in [0.717, 1.165) is 6.42 Å². The van der Waals surface area contributed by atoms with E-state index in [0.29, 0.717) is 45.4 Å². The van der Waals surface area contributed by atoms with E-state index in [2.05, 4.69) is 9.97 Å². The van der Waals surface area contributed by atoms with Gasteiger partial charge in [-0.2, -0.15) is 0 Å². The highest BCUT2D eigenvalue weighted by Crippen LogP contribution is 2.28. The molecular weight excluding hydrogens is 394 g/mol. The third kappa shape index (κ3) is 4.51. The van der Waals surface area contributed by atoms with Gasteiger partial charge in [0, 0.05) is 17.1 Å². The number of hydrogen-bond donors (Lipinski definition) is 1. The predicted octanol–water partition coefficient (Wildman–Crippen LogP) is 3.65. The fraction of sp³-hybridized carbons (Fsp3) is 0.286. The largest absolute Gasteiger partial charge is 0.493 e. The molecule has 0 aliphatic rings. The van der Waals surface area contributed by atoms with Crippen molar-refractivity contribution in [3.63, 3.8) is 0 Å². The van der Waals surface area contributed by atoms with Crippen LogP contribution in [0.3, 0.4) is 0 Å². The Hall–Kier alpha value is -3.06. The van der Waals surface area contributed by atoms with E-state index >= 15 is 0 Å². The van der Waals surface area contributed by atoms with Gasteiger partial charge in [0.15, 0.2) is 11.5 Å². The minimum absolute atomic E-state index is 0.165. The zero-order valence-corrected chi connectivity index (χ0v) is 17.2. The summed E-state index contributed by atoms with van der Waals surface area (Å²) >= 11 is 6.02. The van der Waals surface area contributed by atoms with Gasteiger partial charge in [-0.1, -0.05) is 18.5 Å². The molecule has 3 rings (SSSR count). The van der Waals surface area contributed by atoms with Crippen LogP contribution in [-0.4, -0.2) is 41.5 Å². The smallest absolute Gasteiger partial charge is 0.258 e. The molecular formula is C21H22ClN3O4. The van der Waals surface area contributed by atoms with Crippen LogP contribution in [0.25, 0.3) is 10.9 Å². The van der Waals surface area contributed by atoms with Crippen LogP contribution in [0, 0.1) is 0 Å². The van der Waals surface area contributed by atoms with Gasteiger partial charge < -0.3 is 19.4 Å². The molecule has 0 fully saturated rings. The Morgan fingerprint density at radius 2 is 1.90 bits per heavy atom. The normalized spacial score (nSPS) is 10.8. The number of benzene rings is 2. The summed E-state index contributed by atoms with van der Waals surface area (Å²) in [5.74, 6) is 1.22. The first-order valence-electron chi connectivity index (χ1n) is 9.16. The van der Waals surface area contributed by atoms with Gasteiger partial charge in [-0.05, 0) is 42.8 Å². The molecule has 3 aromatic rings. The number of ether oxygens (including phenoxy) is 2. The number of methoxy groups -OCH3 is 2. The van der Waals surface area contributed by atoms with Crippen LogP contribution < -0.4 is 15.0 Å². The summed E-state index contributed by atoms with van der Waals surface area (Å²) in [7, 11) is 3.06. The summed E-state index contributed by atoms with van der Waals surface area (Å²) in [5.41, 5.74) is 0.685. The van der Waals surface area contributed by atoms with Crippen LogP contribution in [0.5, 0.6) is 11.5 Å². The van der Waals surface area contributed by atoms with Crippen molar-refractivity contribution in [3.05, 3.63) is 63.2 Å². The molecule has 1 N–H and O–H groups in total. The summed E-state index contributed by atoms with van der Waals surface area (Å²) < 4.78 is 10.5. The molecule has 0 aliphatic carbocycles. The third-order valence-electron chi connectivity index (χ3n) is 4.47. The number of fused-ring (bicyclic) bond motifs is 1. The number of carbonyl (C=O) groups excluding carboxylic acids is 1. The fourth-order valence-electron chi connectivity index (χ4n) is 3.09. The molecule has 0 spiro atoms. The molecule has 0 radical (unpaired) electrons. The van der Waals surface area contributed by atoms with Crippen LogP contribution in [0.1, 0.15) is 29.5 Å². The lowest BCUT2D eigenvalue weighted by Gasteiger charge is -2.22. The van der Waals surface area contributed by atoms with Crippen LogP contribution in [-0.2, 0) is 6.54 Å². The Bertz CT molecular complexity index is 1100. The van der Waals surface area contributed by atoms with Crippen molar-refractivity contribution in [2.24, 2.45) is 0 Å². The maximum Gasteiger partial charge on any atom is 0.258 e. The van der Waals surface area contributed by atoms with Crippen molar-refractivity contribution < 1.29 is 14.3 Å². The quantitative estimate of drug-likeness (QED) is 0.636. The molecule has 1 aromatic heterocycles. The maximum atomic E-state index is 13.1. The number of nitrogens with zero attached hydrogens (tertiary/aromatic N) is 2. The highest BCUT2D eigenvalue weighted by molar-refractivity contribution is 6.31. The van der Waals surface area contributed by atoms with Gasteiger partial charge in [-0.25, -0.2) is 4.98 Å². The first-order chi connectivity index (χ1) is 14.0. The molecule has 1 heterocycles. The number of halogens is 1. The lowest BCUT2D eigenvalue weighted by atomic mass is 10.1. The van der Waals surface area contributed by atoms with Gasteiger partial charge >= 0.3 is 0 Å². The number of rotatable bonds is 7. The van der Waals surface area contributed by atoms with Crippen molar-refractivity contribution in [2.75, 3.05) is 20.8 Å². The van der Waals surface area contributed by atoms with Crippen LogP contribution in [0.4, 0.5) is 0 Å². The van der Waals surface area contributed by atoms with Crippen LogP contribution >= 0.6 is 11.6 Å². The van der Waals surface area contributed by atoms with Gasteiger partial charge in [-0.15, -0.1) is 0 Å². The molecule has 8 heteroatoms. The number of amides is 1. The van der Waals surface area contributed by atoms with E-state index in [1.165, 1.54) is 14.2 Å². The van der Waals surface area contributed by atoms with Gasteiger partial charge in [0.25, 0.3) is 11.5 Å². The number of H-pyrrole nitrogens is 1. The number of carbonyl (C=O) groups is 1. The van der Waals surface area contributed by atoms with E-state index in [1.807, 2.05) is 6.92 Å². The van der Waals surface area contributed by atoms with Gasteiger partial charge in [0.05, 0.1) is 31.7 Å². The second-order valence-corrected chi connectivity index (χ2v) is 6.91. The van der Waals surface area contributed by atoms with Gasteiger partial charge in [-0.3, -0.25) is 9.59 Å². The zero-order chi connectivity index (χ0) is 21.0. The minimum atomic E-state index is -0.267. The Labute approximate surface area is 173 Å². The standard InChI is InChI=1S/C21H22ClN3O4/c1-4-9-25(21(27)13-5-8-17(28-2)18(10-13)29-3)12-19-23-16-11-14(22)6-7-15(16)20(26)24-19/h5-8,10-11H,4,9,12H2,1-3H3,(H,23,24,26). The van der Waals surface area contributed by atoms with E-state index in [4.69, 9.17) is 21.1 Å². The average Bonchev–Trinajstić information content (AvgIpc) is 2.72. The lowest BCUT2D eigenvalue weighted by Crippen LogP contribution is -2.32. The Morgan fingerprint density at radius 3 is 2.59 bits per heavy atom. The number of nitrogens with one attached hydrogen (secondary N) is 1. The van der Waals surface area contributed by atoms with E-state index in [1.54, 1.807) is 41.3 Å². The molecule has 0 saturated heterocycles. The first kappa shape index (κ1) is 20.7. The molecule has 0 aliphatic heterocycles. The van der Waals surface area contributed by atoms with Gasteiger partial charge in [0.2, 0.25) is 0 Å². The first-order valence-corrected chi connectivity index (χ1v) is 9.54. The molecule has 1 amide bonds. The fourth-order valence-corrected chi connectivity index (χ4v) is 3.26. The number of aromatic nitrogens is 2. The highest BCUT2D eigenvalue weighted by atomic mass is 35.5. The molecule has 0 unspecified atom stereocenters. The SMILES string of the molecule is CCCN(Cc1nc2cc(Cl)ccc2c(=O)[nH]1)C(=O)c1ccc(OC)c(OC)c1. The van der Waals surface area contributed by atoms with Crippen molar-refractivity contribution in [1.29, 1.82) is 0 Å². The topological polar surface area (TPSA) is 84.5 Å². The second-order valence-electron chi connectivity index (χ2n) is 6.47. The summed E-state index contributed by atoms with van der Waals surface area (Å²) in [6, 6.07) is 9.92. The molecule has 2 aromatic carbocycles. The van der Waals surface area contributed by atoms with Crippen molar-refractivity contribution in [1.82, 2.24) is 14.9 Å². The van der Waals surface area contributed by atoms with Crippen molar-refractivity contribution in [2.45, 2.75) is 19.9 Å². The molecule has 29 heavy (non-hydrogen) atoms. The number of aromatic amines is 1. The van der Waals surface area contributed by atoms with E-state index in [-0.39, 0.29) is 18.0 Å². The molecule has 0 atom stereocenters. The van der Waals surface area contributed by atoms with Crippen molar-refractivity contribution in [3.8, 4) is 11.5 Å². The molecule has 152 valence electrons. The Kier molecular flexibility index (Phi) is 6.39. The summed E-state index contributed by atoms with van der Waals surface area (Å²) in [4.78, 5) is 34.3. The maximum absolute atomic E-state index is 13.1. The van der Waals surface area contributed by atoms with E-state index in [9.17, 15) is 9.59 Å². The lowest BCUT2D eigenvalue weighted by molar-refractivity contribution is 0.0738. The van der Waals surface area contributed by atoms with E-state index < -0.39 is 0 Å². The van der Waals surface area contributed by atoms with Gasteiger partial charge in [0.1, 0.15) is 5.82 Å². The minimum Gasteiger partial charge on any atom is -0.493 e. The molecule has 7 nitrogen and oxygen atoms in total. The molecule has 0 bridgehead atoms. The Morgan fingerprint density at radius 1 is 1.14 bits per heavy atom. The summed E-state index contributed by atoms with van der Waals surface area (Å²) in [5, 5.41) is 0.944. The average molecular weight is 416 g/mol. The Balaban J connectivity index is 1.93. The highest BCUT2D eigenvalue weighted by Gasteiger charge is 2.19. The summed E-state index contributed by atoms with van der Waals surface area (Å²) in [6.45, 7) is 2.65. The molecule has 0 saturated carbocycles. The third-order valence-corrected chi connectivity index (χ3v) is 4.70. The summed E-state index contributed by atoms with van der Waals surface area (Å²) in [6.07, 6.45) is 0.753. The monoisotopic (exact) mass is 415 g/mol. The van der Waals surface area contributed by atoms with Crippen molar-refractivity contribution >= 4 is 28.4 Å².